The zero-order valence-corrected chi connectivity index (χ0v) is 10.0. The fourth-order valence-electron chi connectivity index (χ4n) is 1.25. The number of aromatic amines is 1. The van der Waals surface area contributed by atoms with Gasteiger partial charge >= 0.3 is 5.97 Å². The summed E-state index contributed by atoms with van der Waals surface area (Å²) < 4.78 is 4.57. The van der Waals surface area contributed by atoms with Crippen molar-refractivity contribution in [2.45, 2.75) is 0 Å². The normalized spacial score (nSPS) is 9.06. The van der Waals surface area contributed by atoms with Crippen LogP contribution >= 0.6 is 24.8 Å². The molecule has 0 aliphatic heterocycles. The fourth-order valence-corrected chi connectivity index (χ4v) is 1.25. The number of hydrogen-bond acceptors (Lipinski definition) is 4. The Kier molecular flexibility index (Phi) is 5.07. The second-order valence-corrected chi connectivity index (χ2v) is 2.86. The third-order valence-corrected chi connectivity index (χ3v) is 1.98. The maximum absolute atomic E-state index is 11.2. The highest BCUT2D eigenvalue weighted by Gasteiger charge is 2.08. The standard InChI is InChI=1S/C9H9N3O2.2ClH/c1-14-9(13)5-2-6-7(10)4-12-8(6)11-3-5;;/h2-4H,10H2,1H3,(H,11,12);2*1H. The van der Waals surface area contributed by atoms with Gasteiger partial charge in [0.05, 0.1) is 18.4 Å². The SMILES string of the molecule is COC(=O)c1cnc2[nH]cc(N)c2c1.Cl.Cl. The quantitative estimate of drug-likeness (QED) is 0.769. The van der Waals surface area contributed by atoms with Gasteiger partial charge in [0.1, 0.15) is 5.65 Å². The molecule has 5 nitrogen and oxygen atoms in total. The zero-order valence-electron chi connectivity index (χ0n) is 8.39. The van der Waals surface area contributed by atoms with Crippen molar-refractivity contribution in [3.05, 3.63) is 24.0 Å². The fraction of sp³-hybridized carbons (Fsp3) is 0.111. The number of anilines is 1. The molecule has 0 fully saturated rings. The summed E-state index contributed by atoms with van der Waals surface area (Å²) in [6, 6.07) is 1.65. The summed E-state index contributed by atoms with van der Waals surface area (Å²) in [5, 5.41) is 0.730. The molecule has 0 aliphatic rings. The predicted molar refractivity (Wildman–Crippen MR) is 66.3 cm³/mol. The number of esters is 1. The number of aromatic nitrogens is 2. The number of rotatable bonds is 1. The lowest BCUT2D eigenvalue weighted by Crippen LogP contribution is -2.01. The number of methoxy groups -OCH3 is 1. The molecule has 0 bridgehead atoms. The van der Waals surface area contributed by atoms with Crippen molar-refractivity contribution in [2.75, 3.05) is 12.8 Å². The molecule has 2 rings (SSSR count). The molecule has 0 atom stereocenters. The molecule has 0 unspecified atom stereocenters. The van der Waals surface area contributed by atoms with Gasteiger partial charge in [-0.15, -0.1) is 24.8 Å². The van der Waals surface area contributed by atoms with E-state index >= 15 is 0 Å². The molecule has 16 heavy (non-hydrogen) atoms. The Morgan fingerprint density at radius 2 is 2.19 bits per heavy atom. The van der Waals surface area contributed by atoms with E-state index in [2.05, 4.69) is 14.7 Å². The first kappa shape index (κ1) is 14.5. The van der Waals surface area contributed by atoms with E-state index in [1.165, 1.54) is 13.3 Å². The van der Waals surface area contributed by atoms with Crippen LogP contribution in [0.15, 0.2) is 18.5 Å². The van der Waals surface area contributed by atoms with Crippen molar-refractivity contribution in [2.24, 2.45) is 0 Å². The van der Waals surface area contributed by atoms with Gasteiger partial charge < -0.3 is 15.5 Å². The number of halogens is 2. The largest absolute Gasteiger partial charge is 0.465 e. The van der Waals surface area contributed by atoms with Crippen LogP contribution in [0.4, 0.5) is 5.69 Å². The molecule has 2 aromatic heterocycles. The van der Waals surface area contributed by atoms with Crippen molar-refractivity contribution in [1.82, 2.24) is 9.97 Å². The van der Waals surface area contributed by atoms with Crippen molar-refractivity contribution in [3.63, 3.8) is 0 Å². The van der Waals surface area contributed by atoms with Crippen LogP contribution in [0.1, 0.15) is 10.4 Å². The Balaban J connectivity index is 0.00000112. The van der Waals surface area contributed by atoms with E-state index < -0.39 is 5.97 Å². The van der Waals surface area contributed by atoms with Gasteiger partial charge in [0.15, 0.2) is 0 Å². The number of carbonyl (C=O) groups is 1. The van der Waals surface area contributed by atoms with E-state index in [4.69, 9.17) is 5.73 Å². The van der Waals surface area contributed by atoms with Gasteiger partial charge in [0.2, 0.25) is 0 Å². The summed E-state index contributed by atoms with van der Waals surface area (Å²) in [4.78, 5) is 18.1. The van der Waals surface area contributed by atoms with E-state index in [0.717, 1.165) is 5.39 Å². The highest BCUT2D eigenvalue weighted by Crippen LogP contribution is 2.19. The predicted octanol–water partition coefficient (Wildman–Crippen LogP) is 1.78. The van der Waals surface area contributed by atoms with Crippen molar-refractivity contribution < 1.29 is 9.53 Å². The summed E-state index contributed by atoms with van der Waals surface area (Å²) >= 11 is 0. The second-order valence-electron chi connectivity index (χ2n) is 2.86. The molecule has 0 spiro atoms. The Hall–Kier alpha value is -1.46. The van der Waals surface area contributed by atoms with Gasteiger partial charge in [-0.25, -0.2) is 9.78 Å². The number of hydrogen-bond donors (Lipinski definition) is 2. The minimum Gasteiger partial charge on any atom is -0.465 e. The molecule has 7 heteroatoms. The molecular formula is C9H11Cl2N3O2. The lowest BCUT2D eigenvalue weighted by Gasteiger charge is -1.98. The highest BCUT2D eigenvalue weighted by atomic mass is 35.5. The van der Waals surface area contributed by atoms with Crippen molar-refractivity contribution >= 4 is 47.5 Å². The monoisotopic (exact) mass is 263 g/mol. The van der Waals surface area contributed by atoms with Crippen LogP contribution in [0.25, 0.3) is 11.0 Å². The van der Waals surface area contributed by atoms with Gasteiger partial charge in [0.25, 0.3) is 0 Å². The molecule has 0 radical (unpaired) electrons. The Bertz CT molecular complexity index is 498. The third-order valence-electron chi connectivity index (χ3n) is 1.98. The first-order valence-electron chi connectivity index (χ1n) is 4.03. The average Bonchev–Trinajstić information content (AvgIpc) is 2.59. The molecule has 0 aliphatic carbocycles. The smallest absolute Gasteiger partial charge is 0.339 e. The zero-order chi connectivity index (χ0) is 10.1. The molecule has 0 aromatic carbocycles. The van der Waals surface area contributed by atoms with Crippen LogP contribution in [-0.2, 0) is 4.74 Å². The van der Waals surface area contributed by atoms with Crippen LogP contribution in [0.2, 0.25) is 0 Å². The van der Waals surface area contributed by atoms with Gasteiger partial charge in [-0.3, -0.25) is 0 Å². The van der Waals surface area contributed by atoms with E-state index in [1.807, 2.05) is 0 Å². The number of nitrogen functional groups attached to an aromatic ring is 1. The number of carbonyl (C=O) groups excluding carboxylic acids is 1. The minimum absolute atomic E-state index is 0. The van der Waals surface area contributed by atoms with Crippen LogP contribution in [-0.4, -0.2) is 23.0 Å². The number of ether oxygens (including phenoxy) is 1. The number of nitrogens with zero attached hydrogens (tertiary/aromatic N) is 1. The number of nitrogens with one attached hydrogen (secondary N) is 1. The first-order valence-corrected chi connectivity index (χ1v) is 4.03. The third kappa shape index (κ3) is 2.37. The van der Waals surface area contributed by atoms with Crippen LogP contribution in [0, 0.1) is 0 Å². The maximum atomic E-state index is 11.2. The second kappa shape index (κ2) is 5.58. The summed E-state index contributed by atoms with van der Waals surface area (Å²) in [6.45, 7) is 0. The van der Waals surface area contributed by atoms with Gasteiger partial charge in [0, 0.05) is 17.8 Å². The number of fused-ring (bicyclic) bond motifs is 1. The maximum Gasteiger partial charge on any atom is 0.339 e. The average molecular weight is 264 g/mol. The van der Waals surface area contributed by atoms with Gasteiger partial charge in [-0.05, 0) is 6.07 Å². The minimum atomic E-state index is -0.417. The van der Waals surface area contributed by atoms with Crippen LogP contribution in [0.3, 0.4) is 0 Å². The Labute approximate surface area is 104 Å². The summed E-state index contributed by atoms with van der Waals surface area (Å²) in [5.74, 6) is -0.417. The molecular weight excluding hydrogens is 253 g/mol. The molecule has 0 amide bonds. The van der Waals surface area contributed by atoms with Crippen LogP contribution < -0.4 is 5.73 Å². The van der Waals surface area contributed by atoms with E-state index in [-0.39, 0.29) is 24.8 Å². The molecule has 88 valence electrons. The molecule has 3 N–H and O–H groups in total. The Morgan fingerprint density at radius 1 is 1.50 bits per heavy atom. The van der Waals surface area contributed by atoms with Gasteiger partial charge in [-0.2, -0.15) is 0 Å². The lowest BCUT2D eigenvalue weighted by molar-refractivity contribution is 0.0600. The number of pyridine rings is 1. The molecule has 2 heterocycles. The van der Waals surface area contributed by atoms with E-state index in [9.17, 15) is 4.79 Å². The summed E-state index contributed by atoms with van der Waals surface area (Å²) in [7, 11) is 1.33. The number of nitrogens with two attached hydrogens (primary N) is 1. The summed E-state index contributed by atoms with van der Waals surface area (Å²) in [5.41, 5.74) is 7.29. The molecule has 0 saturated carbocycles. The topological polar surface area (TPSA) is 81.0 Å². The van der Waals surface area contributed by atoms with Crippen molar-refractivity contribution in [1.29, 1.82) is 0 Å². The Morgan fingerprint density at radius 3 is 2.81 bits per heavy atom. The first-order chi connectivity index (χ1) is 6.72. The summed E-state index contributed by atoms with van der Waals surface area (Å²) in [6.07, 6.45) is 3.09. The molecule has 2 aromatic rings. The van der Waals surface area contributed by atoms with Crippen molar-refractivity contribution in [3.8, 4) is 0 Å². The highest BCUT2D eigenvalue weighted by molar-refractivity contribution is 5.96. The van der Waals surface area contributed by atoms with Gasteiger partial charge in [-0.1, -0.05) is 0 Å². The lowest BCUT2D eigenvalue weighted by atomic mass is 10.2. The molecule has 0 saturated heterocycles. The number of H-pyrrole nitrogens is 1. The van der Waals surface area contributed by atoms with E-state index in [1.54, 1.807) is 12.3 Å². The van der Waals surface area contributed by atoms with E-state index in [0.29, 0.717) is 16.9 Å². The van der Waals surface area contributed by atoms with Crippen LogP contribution in [0.5, 0.6) is 0 Å².